The highest BCUT2D eigenvalue weighted by Gasteiger charge is 2.11. The summed E-state index contributed by atoms with van der Waals surface area (Å²) in [5.41, 5.74) is 0. The molecule has 1 heterocycles. The Labute approximate surface area is 70.8 Å². The van der Waals surface area contributed by atoms with Crippen molar-refractivity contribution in [2.45, 2.75) is 39.5 Å². The van der Waals surface area contributed by atoms with Gasteiger partial charge in [0.1, 0.15) is 0 Å². The lowest BCUT2D eigenvalue weighted by Crippen LogP contribution is -2.33. The van der Waals surface area contributed by atoms with Crippen molar-refractivity contribution in [3.8, 4) is 0 Å². The third-order valence-electron chi connectivity index (χ3n) is 2.72. The Morgan fingerprint density at radius 1 is 1.18 bits per heavy atom. The van der Waals surface area contributed by atoms with Gasteiger partial charge >= 0.3 is 0 Å². The molecule has 0 unspecified atom stereocenters. The summed E-state index contributed by atoms with van der Waals surface area (Å²) >= 11 is 0. The Kier molecular flexibility index (Phi) is 3.92. The molecule has 0 bridgehead atoms. The molecule has 1 nitrogen and oxygen atoms in total. The van der Waals surface area contributed by atoms with Crippen molar-refractivity contribution < 1.29 is 0 Å². The molecular weight excluding hydrogens is 134 g/mol. The lowest BCUT2D eigenvalue weighted by Gasteiger charge is -2.28. The van der Waals surface area contributed by atoms with E-state index in [2.05, 4.69) is 18.7 Å². The molecule has 1 atom stereocenters. The SMILES string of the molecule is CC[C@@H](C)CN1CCCCC1. The molecule has 0 saturated carbocycles. The first-order valence-corrected chi connectivity index (χ1v) is 5.05. The topological polar surface area (TPSA) is 3.24 Å². The van der Waals surface area contributed by atoms with Crippen molar-refractivity contribution in [1.82, 2.24) is 4.90 Å². The molecule has 0 aliphatic carbocycles. The van der Waals surface area contributed by atoms with Crippen LogP contribution in [-0.2, 0) is 0 Å². The van der Waals surface area contributed by atoms with Crippen molar-refractivity contribution in [1.29, 1.82) is 0 Å². The second-order valence-electron chi connectivity index (χ2n) is 3.87. The van der Waals surface area contributed by atoms with Crippen LogP contribution in [0.15, 0.2) is 0 Å². The zero-order chi connectivity index (χ0) is 8.10. The van der Waals surface area contributed by atoms with Crippen molar-refractivity contribution in [2.75, 3.05) is 19.6 Å². The number of rotatable bonds is 3. The summed E-state index contributed by atoms with van der Waals surface area (Å²) in [5.74, 6) is 0.896. The lowest BCUT2D eigenvalue weighted by molar-refractivity contribution is 0.199. The number of piperidine rings is 1. The minimum Gasteiger partial charge on any atom is -0.303 e. The van der Waals surface area contributed by atoms with Gasteiger partial charge in [-0.3, -0.25) is 0 Å². The van der Waals surface area contributed by atoms with E-state index in [1.54, 1.807) is 0 Å². The molecule has 0 aromatic carbocycles. The minimum atomic E-state index is 0.896. The van der Waals surface area contributed by atoms with Crippen LogP contribution < -0.4 is 0 Å². The van der Waals surface area contributed by atoms with Gasteiger partial charge < -0.3 is 4.90 Å². The van der Waals surface area contributed by atoms with Crippen LogP contribution in [0.25, 0.3) is 0 Å². The van der Waals surface area contributed by atoms with Gasteiger partial charge in [-0.2, -0.15) is 0 Å². The highest BCUT2D eigenvalue weighted by Crippen LogP contribution is 2.11. The molecule has 0 aromatic heterocycles. The van der Waals surface area contributed by atoms with Gasteiger partial charge in [0.15, 0.2) is 0 Å². The molecule has 0 radical (unpaired) electrons. The molecule has 1 aliphatic heterocycles. The van der Waals surface area contributed by atoms with Crippen molar-refractivity contribution in [3.05, 3.63) is 0 Å². The highest BCUT2D eigenvalue weighted by molar-refractivity contribution is 4.66. The summed E-state index contributed by atoms with van der Waals surface area (Å²) in [6.45, 7) is 8.67. The Morgan fingerprint density at radius 3 is 2.36 bits per heavy atom. The summed E-state index contributed by atoms with van der Waals surface area (Å²) < 4.78 is 0. The van der Waals surface area contributed by atoms with Gasteiger partial charge in [-0.05, 0) is 31.8 Å². The second kappa shape index (κ2) is 4.76. The maximum absolute atomic E-state index is 2.62. The highest BCUT2D eigenvalue weighted by atomic mass is 15.1. The molecule has 1 aliphatic rings. The summed E-state index contributed by atoms with van der Waals surface area (Å²) in [6, 6.07) is 0. The van der Waals surface area contributed by atoms with Crippen molar-refractivity contribution in [2.24, 2.45) is 5.92 Å². The summed E-state index contributed by atoms with van der Waals surface area (Å²) in [6.07, 6.45) is 5.64. The van der Waals surface area contributed by atoms with E-state index < -0.39 is 0 Å². The van der Waals surface area contributed by atoms with Gasteiger partial charge in [0.05, 0.1) is 0 Å². The second-order valence-corrected chi connectivity index (χ2v) is 3.87. The molecule has 11 heavy (non-hydrogen) atoms. The van der Waals surface area contributed by atoms with Gasteiger partial charge in [0, 0.05) is 6.54 Å². The average Bonchev–Trinajstić information content (AvgIpc) is 2.06. The van der Waals surface area contributed by atoms with Gasteiger partial charge in [-0.15, -0.1) is 0 Å². The molecular formula is C10H21N. The number of hydrogen-bond donors (Lipinski definition) is 0. The lowest BCUT2D eigenvalue weighted by atomic mass is 10.1. The maximum atomic E-state index is 2.62. The number of hydrogen-bond acceptors (Lipinski definition) is 1. The van der Waals surface area contributed by atoms with Crippen LogP contribution in [0.5, 0.6) is 0 Å². The molecule has 1 rings (SSSR count). The zero-order valence-corrected chi connectivity index (χ0v) is 7.97. The summed E-state index contributed by atoms with van der Waals surface area (Å²) in [5, 5.41) is 0. The summed E-state index contributed by atoms with van der Waals surface area (Å²) in [4.78, 5) is 2.62. The smallest absolute Gasteiger partial charge is 0.000692 e. The fraction of sp³-hybridized carbons (Fsp3) is 1.00. The average molecular weight is 155 g/mol. The molecule has 1 fully saturated rings. The Balaban J connectivity index is 2.13. The standard InChI is InChI=1S/C10H21N/c1-3-10(2)9-11-7-5-4-6-8-11/h10H,3-9H2,1-2H3/t10-/m1/s1. The number of nitrogens with zero attached hydrogens (tertiary/aromatic N) is 1. The largest absolute Gasteiger partial charge is 0.303 e. The van der Waals surface area contributed by atoms with E-state index in [0.29, 0.717) is 0 Å². The van der Waals surface area contributed by atoms with Crippen molar-refractivity contribution >= 4 is 0 Å². The van der Waals surface area contributed by atoms with Gasteiger partial charge in [0.2, 0.25) is 0 Å². The van der Waals surface area contributed by atoms with Crippen molar-refractivity contribution in [3.63, 3.8) is 0 Å². The van der Waals surface area contributed by atoms with Crippen LogP contribution in [0.2, 0.25) is 0 Å². The minimum absolute atomic E-state index is 0.896. The van der Waals surface area contributed by atoms with E-state index in [4.69, 9.17) is 0 Å². The molecule has 1 heteroatoms. The molecule has 1 saturated heterocycles. The van der Waals surface area contributed by atoms with E-state index >= 15 is 0 Å². The van der Waals surface area contributed by atoms with Crippen LogP contribution in [0.3, 0.4) is 0 Å². The first-order chi connectivity index (χ1) is 5.33. The predicted octanol–water partition coefficient (Wildman–Crippen LogP) is 2.52. The zero-order valence-electron chi connectivity index (χ0n) is 7.97. The van der Waals surface area contributed by atoms with E-state index in [1.165, 1.54) is 45.3 Å². The number of likely N-dealkylation sites (tertiary alicyclic amines) is 1. The van der Waals surface area contributed by atoms with Gasteiger partial charge in [-0.25, -0.2) is 0 Å². The first-order valence-electron chi connectivity index (χ1n) is 5.05. The molecule has 0 spiro atoms. The fourth-order valence-corrected chi connectivity index (χ4v) is 1.71. The quantitative estimate of drug-likeness (QED) is 0.605. The Bertz CT molecular complexity index is 95.0. The molecule has 0 aromatic rings. The van der Waals surface area contributed by atoms with Crippen LogP contribution >= 0.6 is 0 Å². The van der Waals surface area contributed by atoms with E-state index in [1.807, 2.05) is 0 Å². The third kappa shape index (κ3) is 3.24. The van der Waals surface area contributed by atoms with Gasteiger partial charge in [0.25, 0.3) is 0 Å². The van der Waals surface area contributed by atoms with Gasteiger partial charge in [-0.1, -0.05) is 26.7 Å². The first kappa shape index (κ1) is 9.05. The van der Waals surface area contributed by atoms with E-state index in [9.17, 15) is 0 Å². The van der Waals surface area contributed by atoms with Crippen LogP contribution in [0.4, 0.5) is 0 Å². The van der Waals surface area contributed by atoms with E-state index in [0.717, 1.165) is 5.92 Å². The van der Waals surface area contributed by atoms with Crippen LogP contribution in [0, 0.1) is 5.92 Å². The normalized spacial score (nSPS) is 23.5. The summed E-state index contributed by atoms with van der Waals surface area (Å²) in [7, 11) is 0. The molecule has 0 amide bonds. The maximum Gasteiger partial charge on any atom is 0.000692 e. The van der Waals surface area contributed by atoms with E-state index in [-0.39, 0.29) is 0 Å². The predicted molar refractivity (Wildman–Crippen MR) is 49.7 cm³/mol. The molecule has 66 valence electrons. The Hall–Kier alpha value is -0.0400. The fourth-order valence-electron chi connectivity index (χ4n) is 1.71. The third-order valence-corrected chi connectivity index (χ3v) is 2.72. The monoisotopic (exact) mass is 155 g/mol. The Morgan fingerprint density at radius 2 is 1.82 bits per heavy atom. The van der Waals surface area contributed by atoms with Crippen LogP contribution in [0.1, 0.15) is 39.5 Å². The van der Waals surface area contributed by atoms with Crippen LogP contribution in [-0.4, -0.2) is 24.5 Å². The molecule has 0 N–H and O–H groups in total.